The lowest BCUT2D eigenvalue weighted by Gasteiger charge is -2.41. The summed E-state index contributed by atoms with van der Waals surface area (Å²) in [6.45, 7) is 3.49. The topological polar surface area (TPSA) is 90.6 Å². The predicted octanol–water partition coefficient (Wildman–Crippen LogP) is 1.35. The van der Waals surface area contributed by atoms with Gasteiger partial charge < -0.3 is 18.8 Å². The summed E-state index contributed by atoms with van der Waals surface area (Å²) in [5, 5.41) is 8.20. The first-order valence-corrected chi connectivity index (χ1v) is 8.34. The average Bonchev–Trinajstić information content (AvgIpc) is 3.27. The number of piperidine rings is 1. The van der Waals surface area contributed by atoms with E-state index >= 15 is 0 Å². The molecule has 2 aliphatic rings. The zero-order chi connectivity index (χ0) is 17.4. The van der Waals surface area contributed by atoms with Crippen LogP contribution in [0.3, 0.4) is 0 Å². The molecular formula is C17H20N4O4. The molecule has 0 unspecified atom stereocenters. The number of nitrogens with zero attached hydrogens (tertiary/aromatic N) is 4. The van der Waals surface area contributed by atoms with Gasteiger partial charge in [0.2, 0.25) is 17.7 Å². The van der Waals surface area contributed by atoms with Crippen molar-refractivity contribution >= 4 is 5.91 Å². The van der Waals surface area contributed by atoms with Crippen LogP contribution in [0.25, 0.3) is 0 Å². The fourth-order valence-electron chi connectivity index (χ4n) is 3.81. The Morgan fingerprint density at radius 1 is 1.44 bits per heavy atom. The molecule has 0 radical (unpaired) electrons. The number of fused-ring (bicyclic) bond motifs is 1. The Bertz CT molecular complexity index is 792. The van der Waals surface area contributed by atoms with E-state index in [0.29, 0.717) is 42.9 Å². The van der Waals surface area contributed by atoms with Gasteiger partial charge in [-0.2, -0.15) is 0 Å². The molecule has 0 spiro atoms. The third-order valence-electron chi connectivity index (χ3n) is 5.05. The van der Waals surface area contributed by atoms with Crippen molar-refractivity contribution in [3.8, 4) is 5.88 Å². The number of ether oxygens (including phenoxy) is 2. The van der Waals surface area contributed by atoms with Crippen molar-refractivity contribution in [2.75, 3.05) is 26.8 Å². The van der Waals surface area contributed by atoms with Gasteiger partial charge in [0, 0.05) is 32.8 Å². The molecule has 8 heteroatoms. The summed E-state index contributed by atoms with van der Waals surface area (Å²) < 4.78 is 16.9. The molecule has 0 aromatic carbocycles. The van der Waals surface area contributed by atoms with Crippen molar-refractivity contribution in [3.05, 3.63) is 35.7 Å². The lowest BCUT2D eigenvalue weighted by atomic mass is 9.76. The fraction of sp³-hybridized carbons (Fsp3) is 0.529. The quantitative estimate of drug-likeness (QED) is 0.830. The van der Waals surface area contributed by atoms with Gasteiger partial charge in [0.15, 0.2) is 0 Å². The summed E-state index contributed by atoms with van der Waals surface area (Å²) in [6, 6.07) is 3.47. The molecular weight excluding hydrogens is 324 g/mol. The van der Waals surface area contributed by atoms with Crippen molar-refractivity contribution in [2.24, 2.45) is 0 Å². The van der Waals surface area contributed by atoms with Crippen molar-refractivity contribution in [2.45, 2.75) is 31.3 Å². The minimum atomic E-state index is -0.440. The molecule has 2 aromatic rings. The Balaban J connectivity index is 1.65. The minimum Gasteiger partial charge on any atom is -0.480 e. The van der Waals surface area contributed by atoms with E-state index in [1.54, 1.807) is 25.3 Å². The predicted molar refractivity (Wildman–Crippen MR) is 86.4 cm³/mol. The van der Waals surface area contributed by atoms with Crippen molar-refractivity contribution in [3.63, 3.8) is 0 Å². The van der Waals surface area contributed by atoms with E-state index in [9.17, 15) is 4.79 Å². The highest BCUT2D eigenvalue weighted by atomic mass is 16.5. The minimum absolute atomic E-state index is 0.00723. The zero-order valence-electron chi connectivity index (χ0n) is 14.3. The van der Waals surface area contributed by atoms with Crippen LogP contribution >= 0.6 is 0 Å². The number of rotatable bonds is 3. The summed E-state index contributed by atoms with van der Waals surface area (Å²) in [5.41, 5.74) is 0.0177. The van der Waals surface area contributed by atoms with Gasteiger partial charge in [-0.25, -0.2) is 4.98 Å². The number of likely N-dealkylation sites (tertiary alicyclic amines) is 1. The molecule has 2 aromatic heterocycles. The molecule has 132 valence electrons. The van der Waals surface area contributed by atoms with Gasteiger partial charge >= 0.3 is 0 Å². The number of aromatic nitrogens is 3. The van der Waals surface area contributed by atoms with Crippen LogP contribution < -0.4 is 4.74 Å². The number of carbonyl (C=O) groups excluding carboxylic acids is 1. The van der Waals surface area contributed by atoms with E-state index in [1.807, 2.05) is 4.90 Å². The summed E-state index contributed by atoms with van der Waals surface area (Å²) in [6.07, 6.45) is 3.09. The Labute approximate surface area is 145 Å². The van der Waals surface area contributed by atoms with Gasteiger partial charge in [-0.3, -0.25) is 4.79 Å². The number of hydrogen-bond donors (Lipinski definition) is 0. The summed E-state index contributed by atoms with van der Waals surface area (Å²) >= 11 is 0. The SMILES string of the molecule is COc1ncccc1C(=O)N1CC[C@H]2OCC[C@@]2(c2nnc(C)o2)C1. The van der Waals surface area contributed by atoms with Gasteiger partial charge in [-0.15, -0.1) is 10.2 Å². The standard InChI is InChI=1S/C17H20N4O4/c1-11-19-20-16(25-11)17-6-9-24-13(17)5-8-21(10-17)15(22)12-4-3-7-18-14(12)23-2/h3-4,7,13H,5-6,8-10H2,1-2H3/t13-,17-/m1/s1. The van der Waals surface area contributed by atoms with E-state index in [0.717, 1.165) is 12.8 Å². The molecule has 0 bridgehead atoms. The number of aryl methyl sites for hydroxylation is 1. The normalized spacial score (nSPS) is 25.7. The van der Waals surface area contributed by atoms with Gasteiger partial charge in [-0.1, -0.05) is 0 Å². The van der Waals surface area contributed by atoms with Crippen LogP contribution in [0.1, 0.15) is 35.0 Å². The van der Waals surface area contributed by atoms with Crippen LogP contribution in [0.5, 0.6) is 5.88 Å². The average molecular weight is 344 g/mol. The van der Waals surface area contributed by atoms with Crippen LogP contribution in [0.2, 0.25) is 0 Å². The number of carbonyl (C=O) groups is 1. The van der Waals surface area contributed by atoms with Crippen LogP contribution in [-0.2, 0) is 10.2 Å². The zero-order valence-corrected chi connectivity index (χ0v) is 14.3. The Kier molecular flexibility index (Phi) is 3.91. The third-order valence-corrected chi connectivity index (χ3v) is 5.05. The third kappa shape index (κ3) is 2.57. The molecule has 25 heavy (non-hydrogen) atoms. The molecule has 0 saturated carbocycles. The van der Waals surface area contributed by atoms with Crippen molar-refractivity contribution in [1.29, 1.82) is 0 Å². The maximum absolute atomic E-state index is 13.0. The van der Waals surface area contributed by atoms with Crippen LogP contribution in [0.4, 0.5) is 0 Å². The molecule has 1 amide bonds. The molecule has 4 rings (SSSR count). The highest BCUT2D eigenvalue weighted by Gasteiger charge is 2.53. The first-order chi connectivity index (χ1) is 12.1. The van der Waals surface area contributed by atoms with Crippen molar-refractivity contribution in [1.82, 2.24) is 20.1 Å². The number of amides is 1. The highest BCUT2D eigenvalue weighted by molar-refractivity contribution is 5.96. The van der Waals surface area contributed by atoms with Gasteiger partial charge in [0.25, 0.3) is 5.91 Å². The Morgan fingerprint density at radius 3 is 3.08 bits per heavy atom. The molecule has 0 N–H and O–H groups in total. The first-order valence-electron chi connectivity index (χ1n) is 8.34. The lowest BCUT2D eigenvalue weighted by molar-refractivity contribution is 0.00955. The summed E-state index contributed by atoms with van der Waals surface area (Å²) in [7, 11) is 1.51. The van der Waals surface area contributed by atoms with Crippen LogP contribution in [0, 0.1) is 6.92 Å². The molecule has 8 nitrogen and oxygen atoms in total. The van der Waals surface area contributed by atoms with Gasteiger partial charge in [0.05, 0.1) is 18.6 Å². The van der Waals surface area contributed by atoms with E-state index in [4.69, 9.17) is 13.9 Å². The highest BCUT2D eigenvalue weighted by Crippen LogP contribution is 2.43. The summed E-state index contributed by atoms with van der Waals surface area (Å²) in [4.78, 5) is 19.0. The second-order valence-corrected chi connectivity index (χ2v) is 6.47. The maximum atomic E-state index is 13.0. The molecule has 4 heterocycles. The van der Waals surface area contributed by atoms with E-state index in [2.05, 4.69) is 15.2 Å². The number of methoxy groups -OCH3 is 1. The number of pyridine rings is 1. The van der Waals surface area contributed by atoms with E-state index < -0.39 is 5.41 Å². The molecule has 2 fully saturated rings. The molecule has 2 saturated heterocycles. The van der Waals surface area contributed by atoms with E-state index in [1.165, 1.54) is 7.11 Å². The van der Waals surface area contributed by atoms with E-state index in [-0.39, 0.29) is 12.0 Å². The monoisotopic (exact) mass is 344 g/mol. The Morgan fingerprint density at radius 2 is 2.32 bits per heavy atom. The fourth-order valence-corrected chi connectivity index (χ4v) is 3.81. The lowest BCUT2D eigenvalue weighted by Crippen LogP contribution is -2.54. The molecule has 2 aliphatic heterocycles. The second-order valence-electron chi connectivity index (χ2n) is 6.47. The largest absolute Gasteiger partial charge is 0.480 e. The van der Waals surface area contributed by atoms with Crippen molar-refractivity contribution < 1.29 is 18.7 Å². The van der Waals surface area contributed by atoms with Crippen LogP contribution in [0.15, 0.2) is 22.7 Å². The smallest absolute Gasteiger partial charge is 0.259 e. The Hall–Kier alpha value is -2.48. The molecule has 0 aliphatic carbocycles. The first kappa shape index (κ1) is 16.0. The maximum Gasteiger partial charge on any atom is 0.259 e. The van der Waals surface area contributed by atoms with Crippen LogP contribution in [-0.4, -0.2) is 58.9 Å². The molecule has 2 atom stereocenters. The van der Waals surface area contributed by atoms with Gasteiger partial charge in [-0.05, 0) is 25.0 Å². The number of hydrogen-bond acceptors (Lipinski definition) is 7. The van der Waals surface area contributed by atoms with Gasteiger partial charge in [0.1, 0.15) is 5.56 Å². The summed E-state index contributed by atoms with van der Waals surface area (Å²) in [5.74, 6) is 1.31. The second kappa shape index (κ2) is 6.11.